The zero-order chi connectivity index (χ0) is 14.5. The first-order valence-corrected chi connectivity index (χ1v) is 6.21. The van der Waals surface area contributed by atoms with Crippen LogP contribution < -0.4 is 4.90 Å². The molecule has 2 rings (SSSR count). The van der Waals surface area contributed by atoms with Crippen LogP contribution in [0, 0.1) is 0 Å². The van der Waals surface area contributed by atoms with Crippen molar-refractivity contribution in [2.45, 2.75) is 0 Å². The summed E-state index contributed by atoms with van der Waals surface area (Å²) >= 11 is 0. The number of rotatable bonds is 4. The molecule has 8 nitrogen and oxygen atoms in total. The number of esters is 1. The molecule has 20 heavy (non-hydrogen) atoms. The van der Waals surface area contributed by atoms with Crippen LogP contribution in [0.5, 0.6) is 0 Å². The van der Waals surface area contributed by atoms with Gasteiger partial charge in [-0.2, -0.15) is 0 Å². The molecule has 0 spiro atoms. The van der Waals surface area contributed by atoms with Crippen molar-refractivity contribution in [2.24, 2.45) is 0 Å². The van der Waals surface area contributed by atoms with Crippen molar-refractivity contribution in [3.63, 3.8) is 0 Å². The Bertz CT molecular complexity index is 483. The molecule has 0 atom stereocenters. The summed E-state index contributed by atoms with van der Waals surface area (Å²) in [4.78, 5) is 25.7. The summed E-state index contributed by atoms with van der Waals surface area (Å²) in [6, 6.07) is 3.28. The average Bonchev–Trinajstić information content (AvgIpc) is 2.47. The predicted molar refractivity (Wildman–Crippen MR) is 69.7 cm³/mol. The standard InChI is InChI=1S/C12H16N4O4/c1-20-12(19)9-2-3-10(14-13-9)16-6-4-15(5-7-16)8-11(17)18/h2-3H,4-8H2,1H3,(H,17,18). The number of carbonyl (C=O) groups is 2. The number of hydrogen-bond donors (Lipinski definition) is 1. The first-order valence-electron chi connectivity index (χ1n) is 6.21. The molecule has 1 aromatic heterocycles. The van der Waals surface area contributed by atoms with Crippen LogP contribution in [0.2, 0.25) is 0 Å². The van der Waals surface area contributed by atoms with Gasteiger partial charge in [0.1, 0.15) is 0 Å². The number of carboxylic acids is 1. The van der Waals surface area contributed by atoms with Crippen molar-refractivity contribution in [1.29, 1.82) is 0 Å². The summed E-state index contributed by atoms with van der Waals surface area (Å²) in [5.74, 6) is -0.663. The number of aromatic nitrogens is 2. The Morgan fingerprint density at radius 3 is 2.45 bits per heavy atom. The molecule has 1 aliphatic heterocycles. The van der Waals surface area contributed by atoms with E-state index in [1.165, 1.54) is 7.11 Å². The van der Waals surface area contributed by atoms with Gasteiger partial charge in [-0.25, -0.2) is 4.79 Å². The van der Waals surface area contributed by atoms with Gasteiger partial charge in [0.2, 0.25) is 0 Å². The number of carboxylic acid groups (broad SMARTS) is 1. The van der Waals surface area contributed by atoms with Crippen molar-refractivity contribution in [3.8, 4) is 0 Å². The highest BCUT2D eigenvalue weighted by atomic mass is 16.5. The molecule has 0 unspecified atom stereocenters. The summed E-state index contributed by atoms with van der Waals surface area (Å²) in [5, 5.41) is 16.5. The minimum Gasteiger partial charge on any atom is -0.480 e. The normalized spacial score (nSPS) is 15.9. The maximum atomic E-state index is 11.2. The number of anilines is 1. The molecule has 108 valence electrons. The van der Waals surface area contributed by atoms with E-state index < -0.39 is 11.9 Å². The first-order chi connectivity index (χ1) is 9.60. The van der Waals surface area contributed by atoms with Crippen molar-refractivity contribution >= 4 is 17.8 Å². The summed E-state index contributed by atoms with van der Waals surface area (Å²) in [5.41, 5.74) is 0.167. The Kier molecular flexibility index (Phi) is 4.46. The lowest BCUT2D eigenvalue weighted by atomic mass is 10.3. The molecule has 0 aliphatic carbocycles. The van der Waals surface area contributed by atoms with Crippen LogP contribution in [0.1, 0.15) is 10.5 Å². The van der Waals surface area contributed by atoms with E-state index in [1.807, 2.05) is 9.80 Å². The number of carbonyl (C=O) groups excluding carboxylic acids is 1. The quantitative estimate of drug-likeness (QED) is 0.735. The molecule has 1 aromatic rings. The molecule has 1 fully saturated rings. The van der Waals surface area contributed by atoms with E-state index in [9.17, 15) is 9.59 Å². The summed E-state index contributed by atoms with van der Waals surface area (Å²) in [6.45, 7) is 2.74. The van der Waals surface area contributed by atoms with Crippen LogP contribution in [-0.4, -0.2) is 72.0 Å². The van der Waals surface area contributed by atoms with Crippen molar-refractivity contribution in [1.82, 2.24) is 15.1 Å². The van der Waals surface area contributed by atoms with Gasteiger partial charge in [-0.3, -0.25) is 9.69 Å². The summed E-state index contributed by atoms with van der Waals surface area (Å²) in [7, 11) is 1.29. The molecule has 0 amide bonds. The molecule has 8 heteroatoms. The molecule has 0 aromatic carbocycles. The van der Waals surface area contributed by atoms with Crippen LogP contribution in [0.3, 0.4) is 0 Å². The lowest BCUT2D eigenvalue weighted by Crippen LogP contribution is -2.48. The highest BCUT2D eigenvalue weighted by Crippen LogP contribution is 2.12. The smallest absolute Gasteiger partial charge is 0.358 e. The average molecular weight is 280 g/mol. The summed E-state index contributed by atoms with van der Waals surface area (Å²) in [6.07, 6.45) is 0. The van der Waals surface area contributed by atoms with Gasteiger partial charge >= 0.3 is 11.9 Å². The molecular weight excluding hydrogens is 264 g/mol. The zero-order valence-corrected chi connectivity index (χ0v) is 11.2. The van der Waals surface area contributed by atoms with Crippen molar-refractivity contribution < 1.29 is 19.4 Å². The van der Waals surface area contributed by atoms with E-state index in [1.54, 1.807) is 12.1 Å². The maximum Gasteiger partial charge on any atom is 0.358 e. The molecular formula is C12H16N4O4. The molecule has 0 radical (unpaired) electrons. The Morgan fingerprint density at radius 1 is 1.25 bits per heavy atom. The van der Waals surface area contributed by atoms with E-state index in [2.05, 4.69) is 14.9 Å². The van der Waals surface area contributed by atoms with Crippen LogP contribution in [0.15, 0.2) is 12.1 Å². The SMILES string of the molecule is COC(=O)c1ccc(N2CCN(CC(=O)O)CC2)nn1. The van der Waals surface area contributed by atoms with Gasteiger partial charge in [0, 0.05) is 26.2 Å². The fraction of sp³-hybridized carbons (Fsp3) is 0.500. The van der Waals surface area contributed by atoms with E-state index in [-0.39, 0.29) is 12.2 Å². The van der Waals surface area contributed by atoms with Gasteiger partial charge in [0.25, 0.3) is 0 Å². The van der Waals surface area contributed by atoms with Gasteiger partial charge in [-0.15, -0.1) is 10.2 Å². The fourth-order valence-electron chi connectivity index (χ4n) is 2.03. The van der Waals surface area contributed by atoms with Gasteiger partial charge in [-0.05, 0) is 12.1 Å². The third kappa shape index (κ3) is 3.41. The van der Waals surface area contributed by atoms with E-state index in [4.69, 9.17) is 5.11 Å². The lowest BCUT2D eigenvalue weighted by molar-refractivity contribution is -0.138. The molecule has 1 N–H and O–H groups in total. The summed E-state index contributed by atoms with van der Waals surface area (Å²) < 4.78 is 4.56. The Labute approximate surface area is 116 Å². The van der Waals surface area contributed by atoms with Gasteiger partial charge in [0.15, 0.2) is 11.5 Å². The highest BCUT2D eigenvalue weighted by molar-refractivity contribution is 5.86. The van der Waals surface area contributed by atoms with Gasteiger partial charge in [-0.1, -0.05) is 0 Å². The Balaban J connectivity index is 1.93. The predicted octanol–water partition coefficient (Wildman–Crippen LogP) is -0.530. The first kappa shape index (κ1) is 14.2. The van der Waals surface area contributed by atoms with Gasteiger partial charge < -0.3 is 14.7 Å². The second-order valence-electron chi connectivity index (χ2n) is 4.43. The van der Waals surface area contributed by atoms with Crippen molar-refractivity contribution in [2.75, 3.05) is 44.7 Å². The number of hydrogen-bond acceptors (Lipinski definition) is 7. The molecule has 0 saturated carbocycles. The second-order valence-corrected chi connectivity index (χ2v) is 4.43. The second kappa shape index (κ2) is 6.29. The number of aliphatic carboxylic acids is 1. The Hall–Kier alpha value is -2.22. The fourth-order valence-corrected chi connectivity index (χ4v) is 2.03. The number of ether oxygens (including phenoxy) is 1. The van der Waals surface area contributed by atoms with E-state index >= 15 is 0 Å². The minimum atomic E-state index is -0.819. The highest BCUT2D eigenvalue weighted by Gasteiger charge is 2.20. The minimum absolute atomic E-state index is 0.0563. The number of nitrogens with zero attached hydrogens (tertiary/aromatic N) is 4. The topological polar surface area (TPSA) is 95.9 Å². The van der Waals surface area contributed by atoms with Crippen LogP contribution in [0.25, 0.3) is 0 Å². The van der Waals surface area contributed by atoms with Crippen LogP contribution in [-0.2, 0) is 9.53 Å². The molecule has 1 aliphatic rings. The zero-order valence-electron chi connectivity index (χ0n) is 11.2. The number of methoxy groups -OCH3 is 1. The number of piperazine rings is 1. The molecule has 0 bridgehead atoms. The van der Waals surface area contributed by atoms with E-state index in [0.29, 0.717) is 32.0 Å². The third-order valence-corrected chi connectivity index (χ3v) is 3.10. The van der Waals surface area contributed by atoms with Gasteiger partial charge in [0.05, 0.1) is 13.7 Å². The molecule has 1 saturated heterocycles. The van der Waals surface area contributed by atoms with Crippen LogP contribution >= 0.6 is 0 Å². The lowest BCUT2D eigenvalue weighted by Gasteiger charge is -2.34. The largest absolute Gasteiger partial charge is 0.480 e. The third-order valence-electron chi connectivity index (χ3n) is 3.10. The maximum absolute atomic E-state index is 11.2. The Morgan fingerprint density at radius 2 is 1.95 bits per heavy atom. The van der Waals surface area contributed by atoms with Crippen LogP contribution in [0.4, 0.5) is 5.82 Å². The monoisotopic (exact) mass is 280 g/mol. The molecule has 2 heterocycles. The van der Waals surface area contributed by atoms with E-state index in [0.717, 1.165) is 0 Å². The van der Waals surface area contributed by atoms with Crippen molar-refractivity contribution in [3.05, 3.63) is 17.8 Å².